The van der Waals surface area contributed by atoms with E-state index >= 15 is 0 Å². The first-order valence-electron chi connectivity index (χ1n) is 6.37. The first-order valence-corrected chi connectivity index (χ1v) is 6.37. The van der Waals surface area contributed by atoms with Crippen LogP contribution in [0.4, 0.5) is 0 Å². The summed E-state index contributed by atoms with van der Waals surface area (Å²) in [4.78, 5) is 11.3. The molecule has 2 N–H and O–H groups in total. The summed E-state index contributed by atoms with van der Waals surface area (Å²) in [5.41, 5.74) is 6.08. The average molecular weight is 267 g/mol. The lowest BCUT2D eigenvalue weighted by molar-refractivity contribution is -0.131. The standard InChI is InChI=1S/C14H21NO4/c1-2-17-8-9-18-10-11-19-13(14(15)16)12-6-4-3-5-7-12/h3-7,13H,2,8-11H2,1H3,(H2,15,16). The van der Waals surface area contributed by atoms with Crippen LogP contribution in [0.5, 0.6) is 0 Å². The Kier molecular flexibility index (Phi) is 7.81. The Morgan fingerprint density at radius 1 is 1.11 bits per heavy atom. The Balaban J connectivity index is 2.26. The van der Waals surface area contributed by atoms with E-state index < -0.39 is 12.0 Å². The molecule has 0 aliphatic rings. The molecule has 0 fully saturated rings. The number of primary amides is 1. The minimum absolute atomic E-state index is 0.314. The van der Waals surface area contributed by atoms with Crippen LogP contribution in [0, 0.1) is 0 Å². The highest BCUT2D eigenvalue weighted by Gasteiger charge is 2.17. The maximum Gasteiger partial charge on any atom is 0.251 e. The van der Waals surface area contributed by atoms with Gasteiger partial charge >= 0.3 is 0 Å². The van der Waals surface area contributed by atoms with Crippen LogP contribution in [-0.2, 0) is 19.0 Å². The summed E-state index contributed by atoms with van der Waals surface area (Å²) in [6.45, 7) is 4.41. The van der Waals surface area contributed by atoms with Gasteiger partial charge in [0, 0.05) is 6.61 Å². The van der Waals surface area contributed by atoms with E-state index in [1.807, 2.05) is 37.3 Å². The molecule has 1 aromatic rings. The number of carbonyl (C=O) groups is 1. The van der Waals surface area contributed by atoms with Crippen molar-refractivity contribution in [2.75, 3.05) is 33.0 Å². The summed E-state index contributed by atoms with van der Waals surface area (Å²) in [7, 11) is 0. The van der Waals surface area contributed by atoms with Crippen LogP contribution in [0.2, 0.25) is 0 Å². The monoisotopic (exact) mass is 267 g/mol. The smallest absolute Gasteiger partial charge is 0.251 e. The van der Waals surface area contributed by atoms with E-state index in [4.69, 9.17) is 19.9 Å². The number of nitrogens with two attached hydrogens (primary N) is 1. The first kappa shape index (κ1) is 15.6. The molecule has 5 nitrogen and oxygen atoms in total. The molecule has 19 heavy (non-hydrogen) atoms. The van der Waals surface area contributed by atoms with E-state index in [2.05, 4.69) is 0 Å². The minimum atomic E-state index is -0.725. The molecule has 106 valence electrons. The van der Waals surface area contributed by atoms with Crippen molar-refractivity contribution >= 4 is 5.91 Å². The van der Waals surface area contributed by atoms with Crippen molar-refractivity contribution in [1.82, 2.24) is 0 Å². The molecule has 0 aliphatic heterocycles. The molecule has 0 saturated carbocycles. The second-order valence-electron chi connectivity index (χ2n) is 3.87. The molecule has 0 aliphatic carbocycles. The molecule has 1 amide bonds. The number of carbonyl (C=O) groups excluding carboxylic acids is 1. The van der Waals surface area contributed by atoms with Gasteiger partial charge in [-0.25, -0.2) is 0 Å². The van der Waals surface area contributed by atoms with E-state index in [-0.39, 0.29) is 0 Å². The Hall–Kier alpha value is -1.43. The zero-order valence-corrected chi connectivity index (χ0v) is 11.2. The molecule has 5 heteroatoms. The van der Waals surface area contributed by atoms with Crippen molar-refractivity contribution < 1.29 is 19.0 Å². The fourth-order valence-corrected chi connectivity index (χ4v) is 1.56. The van der Waals surface area contributed by atoms with Gasteiger partial charge in [0.15, 0.2) is 6.10 Å². The summed E-state index contributed by atoms with van der Waals surface area (Å²) < 4.78 is 15.9. The zero-order valence-electron chi connectivity index (χ0n) is 11.2. The van der Waals surface area contributed by atoms with Crippen LogP contribution in [0.25, 0.3) is 0 Å². The van der Waals surface area contributed by atoms with Gasteiger partial charge in [0.25, 0.3) is 5.91 Å². The minimum Gasteiger partial charge on any atom is -0.379 e. The third-order valence-corrected chi connectivity index (χ3v) is 2.45. The van der Waals surface area contributed by atoms with Gasteiger partial charge in [-0.05, 0) is 12.5 Å². The fraction of sp³-hybridized carbons (Fsp3) is 0.500. The maximum atomic E-state index is 11.3. The van der Waals surface area contributed by atoms with Crippen LogP contribution in [-0.4, -0.2) is 38.9 Å². The van der Waals surface area contributed by atoms with Gasteiger partial charge in [0.1, 0.15) is 0 Å². The Morgan fingerprint density at radius 2 is 1.74 bits per heavy atom. The van der Waals surface area contributed by atoms with Crippen LogP contribution in [0.1, 0.15) is 18.6 Å². The number of benzene rings is 1. The van der Waals surface area contributed by atoms with E-state index in [0.29, 0.717) is 33.0 Å². The Labute approximate surface area is 113 Å². The van der Waals surface area contributed by atoms with Crippen molar-refractivity contribution in [3.63, 3.8) is 0 Å². The fourth-order valence-electron chi connectivity index (χ4n) is 1.56. The van der Waals surface area contributed by atoms with Gasteiger partial charge < -0.3 is 19.9 Å². The molecule has 0 spiro atoms. The van der Waals surface area contributed by atoms with Gasteiger partial charge in [-0.15, -0.1) is 0 Å². The second-order valence-corrected chi connectivity index (χ2v) is 3.87. The van der Waals surface area contributed by atoms with Crippen LogP contribution >= 0.6 is 0 Å². The lowest BCUT2D eigenvalue weighted by Gasteiger charge is -2.15. The molecule has 0 bridgehead atoms. The van der Waals surface area contributed by atoms with E-state index in [9.17, 15) is 4.79 Å². The molecule has 0 radical (unpaired) electrons. The highest BCUT2D eigenvalue weighted by Crippen LogP contribution is 2.16. The molecule has 1 aromatic carbocycles. The number of hydrogen-bond acceptors (Lipinski definition) is 4. The van der Waals surface area contributed by atoms with Crippen LogP contribution in [0.3, 0.4) is 0 Å². The van der Waals surface area contributed by atoms with E-state index in [0.717, 1.165) is 5.56 Å². The van der Waals surface area contributed by atoms with Gasteiger partial charge in [-0.1, -0.05) is 30.3 Å². The normalized spacial score (nSPS) is 12.3. The van der Waals surface area contributed by atoms with Crippen LogP contribution < -0.4 is 5.73 Å². The third-order valence-electron chi connectivity index (χ3n) is 2.45. The summed E-state index contributed by atoms with van der Waals surface area (Å²) >= 11 is 0. The van der Waals surface area contributed by atoms with Crippen molar-refractivity contribution in [1.29, 1.82) is 0 Å². The van der Waals surface area contributed by atoms with Crippen molar-refractivity contribution in [3.8, 4) is 0 Å². The number of rotatable bonds is 10. The highest BCUT2D eigenvalue weighted by molar-refractivity contribution is 5.80. The van der Waals surface area contributed by atoms with E-state index in [1.165, 1.54) is 0 Å². The van der Waals surface area contributed by atoms with E-state index in [1.54, 1.807) is 0 Å². The first-order chi connectivity index (χ1) is 9.25. The Morgan fingerprint density at radius 3 is 2.37 bits per heavy atom. The number of ether oxygens (including phenoxy) is 3. The molecule has 0 heterocycles. The Bertz CT molecular complexity index is 356. The lowest BCUT2D eigenvalue weighted by atomic mass is 10.1. The lowest BCUT2D eigenvalue weighted by Crippen LogP contribution is -2.25. The SMILES string of the molecule is CCOCCOCCOC(C(N)=O)c1ccccc1. The molecular weight excluding hydrogens is 246 g/mol. The van der Waals surface area contributed by atoms with Gasteiger partial charge in [0.05, 0.1) is 26.4 Å². The molecule has 1 atom stereocenters. The third kappa shape index (κ3) is 6.33. The average Bonchev–Trinajstić information content (AvgIpc) is 2.42. The quantitative estimate of drug-likeness (QED) is 0.648. The summed E-state index contributed by atoms with van der Waals surface area (Å²) in [5.74, 6) is -0.500. The summed E-state index contributed by atoms with van der Waals surface area (Å²) in [5, 5.41) is 0. The second kappa shape index (κ2) is 9.49. The number of hydrogen-bond donors (Lipinski definition) is 1. The topological polar surface area (TPSA) is 70.8 Å². The predicted molar refractivity (Wildman–Crippen MR) is 71.6 cm³/mol. The molecular formula is C14H21NO4. The maximum absolute atomic E-state index is 11.3. The summed E-state index contributed by atoms with van der Waals surface area (Å²) in [6.07, 6.45) is -0.725. The van der Waals surface area contributed by atoms with Gasteiger partial charge in [-0.2, -0.15) is 0 Å². The van der Waals surface area contributed by atoms with Gasteiger partial charge in [-0.3, -0.25) is 4.79 Å². The molecule has 1 unspecified atom stereocenters. The number of amides is 1. The van der Waals surface area contributed by atoms with Crippen LogP contribution in [0.15, 0.2) is 30.3 Å². The molecule has 0 aromatic heterocycles. The van der Waals surface area contributed by atoms with Crippen molar-refractivity contribution in [2.45, 2.75) is 13.0 Å². The molecule has 0 saturated heterocycles. The highest BCUT2D eigenvalue weighted by atomic mass is 16.5. The zero-order chi connectivity index (χ0) is 13.9. The largest absolute Gasteiger partial charge is 0.379 e. The predicted octanol–water partition coefficient (Wildman–Crippen LogP) is 1.28. The summed E-state index contributed by atoms with van der Waals surface area (Å²) in [6, 6.07) is 9.18. The van der Waals surface area contributed by atoms with Crippen molar-refractivity contribution in [3.05, 3.63) is 35.9 Å². The van der Waals surface area contributed by atoms with Crippen molar-refractivity contribution in [2.24, 2.45) is 5.73 Å². The molecule has 1 rings (SSSR count). The van der Waals surface area contributed by atoms with Gasteiger partial charge in [0.2, 0.25) is 0 Å².